The molecule has 3 unspecified atom stereocenters. The highest BCUT2D eigenvalue weighted by Gasteiger charge is 2.39. The maximum absolute atomic E-state index is 13.1. The van der Waals surface area contributed by atoms with Crippen molar-refractivity contribution in [2.75, 3.05) is 0 Å². The standard InChI is InChI=1S/C12H16ClFN2/c1-7-4-10(7)12(16-15)6-8-5-9(14)2-3-11(8)13/h2-3,5,7,10,12,16H,4,6,15H2,1H3. The number of halogens is 2. The quantitative estimate of drug-likeness (QED) is 0.629. The molecule has 1 aliphatic rings. The van der Waals surface area contributed by atoms with Gasteiger partial charge in [0.05, 0.1) is 0 Å². The molecule has 2 rings (SSSR count). The zero-order valence-corrected chi connectivity index (χ0v) is 9.97. The van der Waals surface area contributed by atoms with Crippen LogP contribution in [0.1, 0.15) is 18.9 Å². The van der Waals surface area contributed by atoms with Crippen LogP contribution in [-0.4, -0.2) is 6.04 Å². The Labute approximate surface area is 99.9 Å². The Kier molecular flexibility index (Phi) is 3.47. The van der Waals surface area contributed by atoms with Crippen LogP contribution in [0.3, 0.4) is 0 Å². The minimum atomic E-state index is -0.251. The van der Waals surface area contributed by atoms with E-state index in [1.54, 1.807) is 6.07 Å². The second kappa shape index (κ2) is 4.70. The van der Waals surface area contributed by atoms with Gasteiger partial charge < -0.3 is 0 Å². The van der Waals surface area contributed by atoms with Crippen molar-refractivity contribution >= 4 is 11.6 Å². The van der Waals surface area contributed by atoms with Gasteiger partial charge in [0.15, 0.2) is 0 Å². The van der Waals surface area contributed by atoms with E-state index in [1.165, 1.54) is 18.6 Å². The molecule has 4 heteroatoms. The first-order valence-corrected chi connectivity index (χ1v) is 5.89. The first-order chi connectivity index (χ1) is 7.61. The molecular formula is C12H16ClFN2. The van der Waals surface area contributed by atoms with Gasteiger partial charge in [0.1, 0.15) is 5.82 Å². The molecule has 0 aromatic heterocycles. The maximum atomic E-state index is 13.1. The van der Waals surface area contributed by atoms with E-state index < -0.39 is 0 Å². The van der Waals surface area contributed by atoms with Crippen LogP contribution in [0.2, 0.25) is 5.02 Å². The molecule has 1 aliphatic carbocycles. The molecule has 0 bridgehead atoms. The lowest BCUT2D eigenvalue weighted by atomic mass is 10.0. The Balaban J connectivity index is 2.09. The number of benzene rings is 1. The summed E-state index contributed by atoms with van der Waals surface area (Å²) in [5.41, 5.74) is 3.63. The summed E-state index contributed by atoms with van der Waals surface area (Å²) in [5, 5.41) is 0.606. The van der Waals surface area contributed by atoms with E-state index in [4.69, 9.17) is 17.4 Å². The number of nitrogens with one attached hydrogen (secondary N) is 1. The fourth-order valence-corrected chi connectivity index (χ4v) is 2.38. The van der Waals surface area contributed by atoms with Crippen LogP contribution >= 0.6 is 11.6 Å². The van der Waals surface area contributed by atoms with E-state index in [0.29, 0.717) is 23.3 Å². The Hall–Kier alpha value is -0.640. The summed E-state index contributed by atoms with van der Waals surface area (Å²) >= 11 is 6.02. The van der Waals surface area contributed by atoms with Crippen molar-refractivity contribution in [1.29, 1.82) is 0 Å². The summed E-state index contributed by atoms with van der Waals surface area (Å²) in [5.74, 6) is 6.56. The van der Waals surface area contributed by atoms with Gasteiger partial charge in [0.25, 0.3) is 0 Å². The summed E-state index contributed by atoms with van der Waals surface area (Å²) in [6.07, 6.45) is 1.86. The van der Waals surface area contributed by atoms with Crippen molar-refractivity contribution in [3.63, 3.8) is 0 Å². The van der Waals surface area contributed by atoms with Crippen LogP contribution < -0.4 is 11.3 Å². The average molecular weight is 243 g/mol. The number of hydrogen-bond donors (Lipinski definition) is 2. The molecule has 0 heterocycles. The highest BCUT2D eigenvalue weighted by atomic mass is 35.5. The first-order valence-electron chi connectivity index (χ1n) is 5.52. The minimum absolute atomic E-state index is 0.189. The number of nitrogens with two attached hydrogens (primary N) is 1. The van der Waals surface area contributed by atoms with Gasteiger partial charge >= 0.3 is 0 Å². The molecule has 0 amide bonds. The molecule has 3 N–H and O–H groups in total. The van der Waals surface area contributed by atoms with E-state index in [1.807, 2.05) is 0 Å². The molecule has 3 atom stereocenters. The third-order valence-corrected chi connectivity index (χ3v) is 3.72. The SMILES string of the molecule is CC1CC1C(Cc1cc(F)ccc1Cl)NN. The molecule has 0 spiro atoms. The maximum Gasteiger partial charge on any atom is 0.123 e. The normalized spacial score (nSPS) is 25.5. The molecule has 16 heavy (non-hydrogen) atoms. The lowest BCUT2D eigenvalue weighted by Gasteiger charge is -2.16. The second-order valence-electron chi connectivity index (χ2n) is 4.59. The van der Waals surface area contributed by atoms with Crippen LogP contribution in [0, 0.1) is 17.7 Å². The summed E-state index contributed by atoms with van der Waals surface area (Å²) < 4.78 is 13.1. The largest absolute Gasteiger partial charge is 0.271 e. The van der Waals surface area contributed by atoms with Crippen molar-refractivity contribution in [3.05, 3.63) is 34.6 Å². The van der Waals surface area contributed by atoms with E-state index in [0.717, 1.165) is 5.56 Å². The third kappa shape index (κ3) is 2.54. The Morgan fingerprint density at radius 3 is 2.88 bits per heavy atom. The molecule has 88 valence electrons. The zero-order valence-electron chi connectivity index (χ0n) is 9.21. The average Bonchev–Trinajstić information content (AvgIpc) is 2.97. The van der Waals surface area contributed by atoms with Gasteiger partial charge in [-0.05, 0) is 48.4 Å². The Bertz CT molecular complexity index is 383. The van der Waals surface area contributed by atoms with E-state index >= 15 is 0 Å². The molecule has 1 aromatic carbocycles. The lowest BCUT2D eigenvalue weighted by Crippen LogP contribution is -2.39. The molecule has 0 saturated heterocycles. The van der Waals surface area contributed by atoms with Gasteiger partial charge in [0, 0.05) is 11.1 Å². The van der Waals surface area contributed by atoms with Crippen LogP contribution in [0.15, 0.2) is 18.2 Å². The first kappa shape index (κ1) is 11.8. The van der Waals surface area contributed by atoms with Crippen molar-refractivity contribution < 1.29 is 4.39 Å². The van der Waals surface area contributed by atoms with Crippen LogP contribution in [0.5, 0.6) is 0 Å². The fraction of sp³-hybridized carbons (Fsp3) is 0.500. The highest BCUT2D eigenvalue weighted by molar-refractivity contribution is 6.31. The number of rotatable bonds is 4. The number of hydrogen-bond acceptors (Lipinski definition) is 2. The minimum Gasteiger partial charge on any atom is -0.271 e. The fourth-order valence-electron chi connectivity index (χ4n) is 2.18. The smallest absolute Gasteiger partial charge is 0.123 e. The van der Waals surface area contributed by atoms with Crippen LogP contribution in [0.25, 0.3) is 0 Å². The van der Waals surface area contributed by atoms with Crippen molar-refractivity contribution in [1.82, 2.24) is 5.43 Å². The highest BCUT2D eigenvalue weighted by Crippen LogP contribution is 2.41. The van der Waals surface area contributed by atoms with Gasteiger partial charge in [-0.3, -0.25) is 11.3 Å². The van der Waals surface area contributed by atoms with E-state index in [-0.39, 0.29) is 11.9 Å². The van der Waals surface area contributed by atoms with Gasteiger partial charge in [0.2, 0.25) is 0 Å². The summed E-state index contributed by atoms with van der Waals surface area (Å²) in [7, 11) is 0. The monoisotopic (exact) mass is 242 g/mol. The van der Waals surface area contributed by atoms with Crippen molar-refractivity contribution in [2.45, 2.75) is 25.8 Å². The Morgan fingerprint density at radius 2 is 2.31 bits per heavy atom. The van der Waals surface area contributed by atoms with E-state index in [9.17, 15) is 4.39 Å². The molecule has 2 nitrogen and oxygen atoms in total. The van der Waals surface area contributed by atoms with E-state index in [2.05, 4.69) is 12.3 Å². The summed E-state index contributed by atoms with van der Waals surface area (Å²) in [6, 6.07) is 4.64. The van der Waals surface area contributed by atoms with Gasteiger partial charge in [-0.15, -0.1) is 0 Å². The van der Waals surface area contributed by atoms with Gasteiger partial charge in [-0.2, -0.15) is 0 Å². The molecule has 0 radical (unpaired) electrons. The summed E-state index contributed by atoms with van der Waals surface area (Å²) in [4.78, 5) is 0. The van der Waals surface area contributed by atoms with Gasteiger partial charge in [-0.1, -0.05) is 18.5 Å². The molecular weight excluding hydrogens is 227 g/mol. The molecule has 1 saturated carbocycles. The Morgan fingerprint density at radius 1 is 1.62 bits per heavy atom. The molecule has 0 aliphatic heterocycles. The lowest BCUT2D eigenvalue weighted by molar-refractivity contribution is 0.453. The predicted molar refractivity (Wildman–Crippen MR) is 63.5 cm³/mol. The zero-order chi connectivity index (χ0) is 11.7. The van der Waals surface area contributed by atoms with Crippen molar-refractivity contribution in [3.8, 4) is 0 Å². The molecule has 1 aromatic rings. The summed E-state index contributed by atoms with van der Waals surface area (Å²) in [6.45, 7) is 2.20. The predicted octanol–water partition coefficient (Wildman–Crippen LogP) is 2.51. The second-order valence-corrected chi connectivity index (χ2v) is 5.00. The number of hydrazine groups is 1. The van der Waals surface area contributed by atoms with Crippen LogP contribution in [0.4, 0.5) is 4.39 Å². The van der Waals surface area contributed by atoms with Crippen LogP contribution in [-0.2, 0) is 6.42 Å². The van der Waals surface area contributed by atoms with Crippen molar-refractivity contribution in [2.24, 2.45) is 17.7 Å². The topological polar surface area (TPSA) is 38.0 Å². The molecule has 1 fully saturated rings. The van der Waals surface area contributed by atoms with Gasteiger partial charge in [-0.25, -0.2) is 4.39 Å². The third-order valence-electron chi connectivity index (χ3n) is 3.35.